The third-order valence-corrected chi connectivity index (χ3v) is 6.56. The van der Waals surface area contributed by atoms with Gasteiger partial charge in [-0.15, -0.1) is 0 Å². The highest BCUT2D eigenvalue weighted by Crippen LogP contribution is 2.48. The maximum absolute atomic E-state index is 12.9. The van der Waals surface area contributed by atoms with Crippen LogP contribution < -0.4 is 5.32 Å². The first-order valence-corrected chi connectivity index (χ1v) is 10.8. The van der Waals surface area contributed by atoms with Crippen LogP contribution in [0.3, 0.4) is 0 Å². The minimum atomic E-state index is -0.189. The highest BCUT2D eigenvalue weighted by atomic mass is 16.5. The van der Waals surface area contributed by atoms with Crippen molar-refractivity contribution in [2.75, 3.05) is 6.61 Å². The normalized spacial score (nSPS) is 13.9. The quantitative estimate of drug-likeness (QED) is 0.442. The van der Waals surface area contributed by atoms with Gasteiger partial charge < -0.3 is 14.6 Å². The van der Waals surface area contributed by atoms with Gasteiger partial charge in [0.1, 0.15) is 0 Å². The van der Waals surface area contributed by atoms with Gasteiger partial charge in [-0.05, 0) is 35.2 Å². The van der Waals surface area contributed by atoms with E-state index in [0.29, 0.717) is 26.1 Å². The number of nitrogens with one attached hydrogen (secondary N) is 1. The van der Waals surface area contributed by atoms with Gasteiger partial charge in [0.05, 0.1) is 24.1 Å². The van der Waals surface area contributed by atoms with Crippen molar-refractivity contribution in [2.24, 2.45) is 0 Å². The molecule has 3 aromatic carbocycles. The maximum atomic E-state index is 12.9. The Bertz CT molecular complexity index is 1410. The Balaban J connectivity index is 1.70. The summed E-state index contributed by atoms with van der Waals surface area (Å²) in [6, 6.07) is 16.6. The Morgan fingerprint density at radius 3 is 2.74 bits per heavy atom. The van der Waals surface area contributed by atoms with Gasteiger partial charge in [-0.2, -0.15) is 0 Å². The van der Waals surface area contributed by atoms with Crippen LogP contribution in [0.15, 0.2) is 48.5 Å². The molecule has 0 saturated carbocycles. The van der Waals surface area contributed by atoms with Crippen molar-refractivity contribution in [3.8, 4) is 11.1 Å². The first-order valence-electron chi connectivity index (χ1n) is 10.8. The van der Waals surface area contributed by atoms with E-state index in [4.69, 9.17) is 4.74 Å². The van der Waals surface area contributed by atoms with E-state index in [1.807, 2.05) is 25.1 Å². The number of rotatable bonds is 4. The molecule has 2 heterocycles. The highest BCUT2D eigenvalue weighted by molar-refractivity contribution is 6.20. The smallest absolute Gasteiger partial charge is 0.307 e. The number of carbonyl (C=O) groups is 2. The van der Waals surface area contributed by atoms with Crippen LogP contribution in [0.4, 0.5) is 0 Å². The summed E-state index contributed by atoms with van der Waals surface area (Å²) in [4.78, 5) is 25.1. The van der Waals surface area contributed by atoms with Crippen LogP contribution in [0, 0.1) is 0 Å². The molecule has 0 spiro atoms. The average molecular weight is 410 g/mol. The SMILES string of the molecule is CCOC(=O)CCn1c2ccccc2c2c3c(c4c(c21)Cc1ccccc1-4)C(=O)NC3. The van der Waals surface area contributed by atoms with E-state index in [-0.39, 0.29) is 11.9 Å². The molecule has 1 amide bonds. The summed E-state index contributed by atoms with van der Waals surface area (Å²) in [5.74, 6) is -0.181. The molecule has 31 heavy (non-hydrogen) atoms. The van der Waals surface area contributed by atoms with Crippen LogP contribution in [-0.4, -0.2) is 23.1 Å². The number of esters is 1. The van der Waals surface area contributed by atoms with Crippen molar-refractivity contribution >= 4 is 33.7 Å². The average Bonchev–Trinajstić information content (AvgIpc) is 3.44. The molecule has 5 heteroatoms. The Hall–Kier alpha value is -3.60. The maximum Gasteiger partial charge on any atom is 0.307 e. The lowest BCUT2D eigenvalue weighted by Gasteiger charge is -2.13. The number of ether oxygens (including phenoxy) is 1. The van der Waals surface area contributed by atoms with E-state index in [0.717, 1.165) is 50.5 Å². The Labute approximate surface area is 179 Å². The fourth-order valence-corrected chi connectivity index (χ4v) is 5.40. The summed E-state index contributed by atoms with van der Waals surface area (Å²) >= 11 is 0. The summed E-state index contributed by atoms with van der Waals surface area (Å²) in [5.41, 5.74) is 8.77. The van der Waals surface area contributed by atoms with E-state index < -0.39 is 0 Å². The molecule has 4 aromatic rings. The molecule has 6 rings (SSSR count). The van der Waals surface area contributed by atoms with Crippen LogP contribution in [0.5, 0.6) is 0 Å². The summed E-state index contributed by atoms with van der Waals surface area (Å²) in [6.45, 7) is 3.30. The molecule has 2 aliphatic rings. The largest absolute Gasteiger partial charge is 0.466 e. The van der Waals surface area contributed by atoms with Crippen LogP contribution in [-0.2, 0) is 29.0 Å². The van der Waals surface area contributed by atoms with Gasteiger partial charge in [0.2, 0.25) is 0 Å². The Kier molecular flexibility index (Phi) is 3.93. The second kappa shape index (κ2) is 6.71. The van der Waals surface area contributed by atoms with Gasteiger partial charge in [0.15, 0.2) is 0 Å². The zero-order chi connectivity index (χ0) is 21.1. The van der Waals surface area contributed by atoms with Crippen molar-refractivity contribution in [1.29, 1.82) is 0 Å². The number of benzene rings is 3. The first kappa shape index (κ1) is 18.2. The van der Waals surface area contributed by atoms with E-state index in [1.165, 1.54) is 11.1 Å². The molecule has 1 aromatic heterocycles. The minimum absolute atomic E-state index is 0.00760. The number of amides is 1. The summed E-state index contributed by atoms with van der Waals surface area (Å²) in [6.07, 6.45) is 1.11. The van der Waals surface area contributed by atoms with E-state index >= 15 is 0 Å². The summed E-state index contributed by atoms with van der Waals surface area (Å²) < 4.78 is 7.45. The van der Waals surface area contributed by atoms with Crippen molar-refractivity contribution in [3.05, 3.63) is 70.8 Å². The number of para-hydroxylation sites is 1. The lowest BCUT2D eigenvalue weighted by molar-refractivity contribution is -0.143. The third kappa shape index (κ3) is 2.49. The van der Waals surface area contributed by atoms with Crippen LogP contribution in [0.1, 0.15) is 40.4 Å². The molecule has 0 unspecified atom stereocenters. The molecular weight excluding hydrogens is 388 g/mol. The molecule has 0 saturated heterocycles. The molecule has 1 aliphatic carbocycles. The minimum Gasteiger partial charge on any atom is -0.466 e. The van der Waals surface area contributed by atoms with Crippen molar-refractivity contribution in [2.45, 2.75) is 32.9 Å². The molecule has 1 aliphatic heterocycles. The number of aryl methyl sites for hydroxylation is 1. The lowest BCUT2D eigenvalue weighted by atomic mass is 9.92. The van der Waals surface area contributed by atoms with Crippen molar-refractivity contribution < 1.29 is 14.3 Å². The highest BCUT2D eigenvalue weighted by Gasteiger charge is 2.35. The van der Waals surface area contributed by atoms with Crippen LogP contribution in [0.2, 0.25) is 0 Å². The Morgan fingerprint density at radius 1 is 1.06 bits per heavy atom. The van der Waals surface area contributed by atoms with E-state index in [1.54, 1.807) is 0 Å². The van der Waals surface area contributed by atoms with Crippen LogP contribution >= 0.6 is 0 Å². The molecule has 1 N–H and O–H groups in total. The number of aromatic nitrogens is 1. The van der Waals surface area contributed by atoms with Crippen molar-refractivity contribution in [1.82, 2.24) is 9.88 Å². The van der Waals surface area contributed by atoms with Gasteiger partial charge >= 0.3 is 5.97 Å². The monoisotopic (exact) mass is 410 g/mol. The molecular formula is C26H22N2O3. The standard InChI is InChI=1S/C26H22N2O3/c1-2-31-21(29)11-12-28-20-10-6-5-9-17(20)23-19-14-27-26(30)24(19)22-16-8-4-3-7-15(16)13-18(22)25(23)28/h3-10H,2,11-14H2,1H3,(H,27,30). The lowest BCUT2D eigenvalue weighted by Crippen LogP contribution is -2.13. The number of carbonyl (C=O) groups excluding carboxylic acids is 2. The molecule has 154 valence electrons. The molecule has 0 radical (unpaired) electrons. The summed E-state index contributed by atoms with van der Waals surface area (Å²) in [7, 11) is 0. The van der Waals surface area contributed by atoms with Crippen molar-refractivity contribution in [3.63, 3.8) is 0 Å². The molecule has 0 atom stereocenters. The predicted molar refractivity (Wildman–Crippen MR) is 120 cm³/mol. The first-order chi connectivity index (χ1) is 15.2. The fraction of sp³-hybridized carbons (Fsp3) is 0.231. The number of hydrogen-bond donors (Lipinski definition) is 1. The number of nitrogens with zero attached hydrogens (tertiary/aromatic N) is 1. The van der Waals surface area contributed by atoms with Gasteiger partial charge in [0.25, 0.3) is 5.91 Å². The molecule has 0 fully saturated rings. The van der Waals surface area contributed by atoms with Crippen LogP contribution in [0.25, 0.3) is 32.9 Å². The van der Waals surface area contributed by atoms with Gasteiger partial charge in [-0.1, -0.05) is 42.5 Å². The predicted octanol–water partition coefficient (Wildman–Crippen LogP) is 4.56. The van der Waals surface area contributed by atoms with Gasteiger partial charge in [-0.3, -0.25) is 9.59 Å². The second-order valence-corrected chi connectivity index (χ2v) is 8.17. The van der Waals surface area contributed by atoms with Gasteiger partial charge in [0, 0.05) is 41.4 Å². The number of hydrogen-bond acceptors (Lipinski definition) is 3. The number of fused-ring (bicyclic) bond motifs is 10. The zero-order valence-electron chi connectivity index (χ0n) is 17.3. The third-order valence-electron chi connectivity index (χ3n) is 6.56. The molecule has 5 nitrogen and oxygen atoms in total. The van der Waals surface area contributed by atoms with E-state index in [2.05, 4.69) is 40.2 Å². The fourth-order valence-electron chi connectivity index (χ4n) is 5.40. The zero-order valence-corrected chi connectivity index (χ0v) is 17.3. The van der Waals surface area contributed by atoms with Gasteiger partial charge in [-0.25, -0.2) is 0 Å². The van der Waals surface area contributed by atoms with E-state index in [9.17, 15) is 9.59 Å². The summed E-state index contributed by atoms with van der Waals surface area (Å²) in [5, 5.41) is 5.33. The Morgan fingerprint density at radius 2 is 1.87 bits per heavy atom. The molecule has 0 bridgehead atoms. The second-order valence-electron chi connectivity index (χ2n) is 8.17. The topological polar surface area (TPSA) is 60.3 Å².